The van der Waals surface area contributed by atoms with Gasteiger partial charge in [0, 0.05) is 28.9 Å². The van der Waals surface area contributed by atoms with Crippen LogP contribution in [0.25, 0.3) is 44.4 Å². The summed E-state index contributed by atoms with van der Waals surface area (Å²) in [5, 5.41) is 1.05. The molecule has 0 aliphatic heterocycles. The lowest BCUT2D eigenvalue weighted by Gasteiger charge is -2.12. The van der Waals surface area contributed by atoms with Crippen molar-refractivity contribution in [3.8, 4) is 33.5 Å². The number of fused-ring (bicyclic) bond motifs is 1. The summed E-state index contributed by atoms with van der Waals surface area (Å²) >= 11 is 0. The van der Waals surface area contributed by atoms with Crippen molar-refractivity contribution >= 4 is 10.9 Å². The normalized spacial score (nSPS) is 10.9. The Hall–Kier alpha value is -3.85. The first-order valence-electron chi connectivity index (χ1n) is 9.61. The molecule has 0 aliphatic carbocycles. The van der Waals surface area contributed by atoms with Gasteiger partial charge in [0.1, 0.15) is 6.33 Å². The van der Waals surface area contributed by atoms with Crippen molar-refractivity contribution in [1.82, 2.24) is 15.0 Å². The average molecular weight is 373 g/mol. The Labute approximate surface area is 169 Å². The van der Waals surface area contributed by atoms with Gasteiger partial charge in [-0.3, -0.25) is 4.98 Å². The Balaban J connectivity index is 1.68. The molecule has 3 heteroatoms. The molecule has 5 aromatic rings. The van der Waals surface area contributed by atoms with Crippen LogP contribution in [0.15, 0.2) is 97.6 Å². The third kappa shape index (κ3) is 3.27. The van der Waals surface area contributed by atoms with Crippen molar-refractivity contribution in [1.29, 1.82) is 0 Å². The van der Waals surface area contributed by atoms with Crippen molar-refractivity contribution in [3.63, 3.8) is 0 Å². The number of nitrogens with zero attached hydrogens (tertiary/aromatic N) is 3. The first-order chi connectivity index (χ1) is 14.3. The van der Waals surface area contributed by atoms with Gasteiger partial charge in [-0.25, -0.2) is 9.97 Å². The molecular formula is C26H19N3. The molecule has 3 aromatic carbocycles. The van der Waals surface area contributed by atoms with Gasteiger partial charge in [0.2, 0.25) is 0 Å². The van der Waals surface area contributed by atoms with Gasteiger partial charge in [0.15, 0.2) is 0 Å². The molecule has 0 radical (unpaired) electrons. The number of hydrogen-bond donors (Lipinski definition) is 0. The molecule has 0 saturated heterocycles. The van der Waals surface area contributed by atoms with Crippen LogP contribution in [-0.4, -0.2) is 15.0 Å². The molecule has 5 rings (SSSR count). The molecule has 0 amide bonds. The Morgan fingerprint density at radius 2 is 1.48 bits per heavy atom. The zero-order valence-electron chi connectivity index (χ0n) is 16.1. The molecule has 2 heterocycles. The molecule has 0 unspecified atom stereocenters. The SMILES string of the molecule is Cc1ccc(-c2ccc(-c3cccc(-c4ccccn4)c3)c3ncncc23)cc1. The predicted molar refractivity (Wildman–Crippen MR) is 118 cm³/mol. The van der Waals surface area contributed by atoms with E-state index in [9.17, 15) is 0 Å². The van der Waals surface area contributed by atoms with Gasteiger partial charge >= 0.3 is 0 Å². The highest BCUT2D eigenvalue weighted by atomic mass is 14.8. The molecule has 0 aliphatic rings. The Kier molecular flexibility index (Phi) is 4.34. The molecule has 0 spiro atoms. The minimum atomic E-state index is 0.955. The smallest absolute Gasteiger partial charge is 0.116 e. The highest BCUT2D eigenvalue weighted by molar-refractivity contribution is 6.02. The molecule has 3 nitrogen and oxygen atoms in total. The van der Waals surface area contributed by atoms with Crippen LogP contribution in [0, 0.1) is 6.92 Å². The van der Waals surface area contributed by atoms with Crippen LogP contribution in [0.5, 0.6) is 0 Å². The summed E-state index contributed by atoms with van der Waals surface area (Å²) in [5.74, 6) is 0. The van der Waals surface area contributed by atoms with Gasteiger partial charge in [0.25, 0.3) is 0 Å². The first kappa shape index (κ1) is 17.3. The van der Waals surface area contributed by atoms with Crippen LogP contribution in [0.4, 0.5) is 0 Å². The van der Waals surface area contributed by atoms with Gasteiger partial charge in [-0.15, -0.1) is 0 Å². The minimum absolute atomic E-state index is 0.955. The van der Waals surface area contributed by atoms with Crippen LogP contribution in [0.2, 0.25) is 0 Å². The fourth-order valence-electron chi connectivity index (χ4n) is 3.67. The molecule has 2 aromatic heterocycles. The lowest BCUT2D eigenvalue weighted by molar-refractivity contribution is 1.22. The van der Waals surface area contributed by atoms with Gasteiger partial charge in [-0.05, 0) is 41.8 Å². The van der Waals surface area contributed by atoms with Crippen LogP contribution >= 0.6 is 0 Å². The number of aryl methyl sites for hydroxylation is 1. The number of aromatic nitrogens is 3. The summed E-state index contributed by atoms with van der Waals surface area (Å²) in [4.78, 5) is 13.4. The van der Waals surface area contributed by atoms with Crippen molar-refractivity contribution in [2.24, 2.45) is 0 Å². The molecule has 0 N–H and O–H groups in total. The maximum absolute atomic E-state index is 4.64. The third-order valence-electron chi connectivity index (χ3n) is 5.17. The third-order valence-corrected chi connectivity index (χ3v) is 5.17. The van der Waals surface area contributed by atoms with Crippen LogP contribution in [0.3, 0.4) is 0 Å². The van der Waals surface area contributed by atoms with E-state index in [2.05, 4.69) is 82.5 Å². The monoisotopic (exact) mass is 373 g/mol. The zero-order chi connectivity index (χ0) is 19.6. The van der Waals surface area contributed by atoms with E-state index in [0.29, 0.717) is 0 Å². The number of hydrogen-bond acceptors (Lipinski definition) is 3. The second kappa shape index (κ2) is 7.28. The van der Waals surface area contributed by atoms with Gasteiger partial charge in [-0.1, -0.05) is 66.2 Å². The summed E-state index contributed by atoms with van der Waals surface area (Å²) in [6.07, 6.45) is 5.35. The van der Waals surface area contributed by atoms with Crippen molar-refractivity contribution < 1.29 is 0 Å². The molecule has 0 atom stereocenters. The van der Waals surface area contributed by atoms with Crippen LogP contribution in [-0.2, 0) is 0 Å². The molecule has 138 valence electrons. The molecule has 29 heavy (non-hydrogen) atoms. The van der Waals surface area contributed by atoms with E-state index >= 15 is 0 Å². The average Bonchev–Trinajstić information content (AvgIpc) is 2.80. The summed E-state index contributed by atoms with van der Waals surface area (Å²) in [5.41, 5.74) is 8.78. The maximum Gasteiger partial charge on any atom is 0.116 e. The van der Waals surface area contributed by atoms with Gasteiger partial charge < -0.3 is 0 Å². The van der Waals surface area contributed by atoms with Crippen LogP contribution < -0.4 is 0 Å². The second-order valence-corrected chi connectivity index (χ2v) is 7.11. The topological polar surface area (TPSA) is 38.7 Å². The second-order valence-electron chi connectivity index (χ2n) is 7.11. The molecule has 0 fully saturated rings. The fourth-order valence-corrected chi connectivity index (χ4v) is 3.67. The van der Waals surface area contributed by atoms with Crippen molar-refractivity contribution in [2.45, 2.75) is 6.92 Å². The molecule has 0 saturated carbocycles. The summed E-state index contributed by atoms with van der Waals surface area (Å²) in [6, 6.07) is 27.3. The Morgan fingerprint density at radius 1 is 0.655 bits per heavy atom. The van der Waals surface area contributed by atoms with E-state index in [0.717, 1.165) is 38.9 Å². The van der Waals surface area contributed by atoms with Gasteiger partial charge in [0.05, 0.1) is 11.2 Å². The van der Waals surface area contributed by atoms with Crippen LogP contribution in [0.1, 0.15) is 5.56 Å². The maximum atomic E-state index is 4.64. The van der Waals surface area contributed by atoms with E-state index in [-0.39, 0.29) is 0 Å². The lowest BCUT2D eigenvalue weighted by atomic mass is 9.94. The fraction of sp³-hybridized carbons (Fsp3) is 0.0385. The van der Waals surface area contributed by atoms with Crippen molar-refractivity contribution in [2.75, 3.05) is 0 Å². The molecule has 0 bridgehead atoms. The van der Waals surface area contributed by atoms with E-state index in [1.54, 1.807) is 6.33 Å². The lowest BCUT2D eigenvalue weighted by Crippen LogP contribution is -1.91. The van der Waals surface area contributed by atoms with Gasteiger partial charge in [-0.2, -0.15) is 0 Å². The largest absolute Gasteiger partial charge is 0.256 e. The number of benzene rings is 3. The minimum Gasteiger partial charge on any atom is -0.256 e. The van der Waals surface area contributed by atoms with E-state index in [4.69, 9.17) is 0 Å². The van der Waals surface area contributed by atoms with E-state index in [1.807, 2.05) is 30.6 Å². The molecular weight excluding hydrogens is 354 g/mol. The Bertz CT molecular complexity index is 1290. The number of rotatable bonds is 3. The van der Waals surface area contributed by atoms with E-state index < -0.39 is 0 Å². The summed E-state index contributed by atoms with van der Waals surface area (Å²) < 4.78 is 0. The first-order valence-corrected chi connectivity index (χ1v) is 9.61. The highest BCUT2D eigenvalue weighted by Gasteiger charge is 2.11. The quantitative estimate of drug-likeness (QED) is 0.371. The Morgan fingerprint density at radius 3 is 2.31 bits per heavy atom. The van der Waals surface area contributed by atoms with E-state index in [1.165, 1.54) is 11.1 Å². The summed E-state index contributed by atoms with van der Waals surface area (Å²) in [7, 11) is 0. The number of pyridine rings is 1. The summed E-state index contributed by atoms with van der Waals surface area (Å²) in [6.45, 7) is 2.10. The highest BCUT2D eigenvalue weighted by Crippen LogP contribution is 2.35. The zero-order valence-corrected chi connectivity index (χ0v) is 16.1. The standard InChI is InChI=1S/C26H19N3/c1-18-8-10-19(11-9-18)22-12-13-23(26-24(22)16-27-17-29-26)20-5-4-6-21(15-20)25-7-2-3-14-28-25/h2-17H,1H3. The predicted octanol–water partition coefficient (Wildman–Crippen LogP) is 6.33. The van der Waals surface area contributed by atoms with Crippen molar-refractivity contribution in [3.05, 3.63) is 103 Å².